The van der Waals surface area contributed by atoms with E-state index in [0.717, 1.165) is 70.6 Å². The van der Waals surface area contributed by atoms with Crippen LogP contribution in [-0.2, 0) is 14.3 Å². The summed E-state index contributed by atoms with van der Waals surface area (Å²) in [6, 6.07) is -0.707. The average Bonchev–Trinajstić information content (AvgIpc) is 3.33. The molecule has 0 rings (SSSR count). The summed E-state index contributed by atoms with van der Waals surface area (Å²) in [5.74, 6) is -0.484. The molecule has 3 atom stereocenters. The lowest BCUT2D eigenvalue weighted by atomic mass is 10.0. The molecular formula is C62H117NO5. The predicted octanol–water partition coefficient (Wildman–Crippen LogP) is 18.8. The van der Waals surface area contributed by atoms with Gasteiger partial charge in [-0.1, -0.05) is 269 Å². The van der Waals surface area contributed by atoms with Gasteiger partial charge in [-0.3, -0.25) is 9.59 Å². The zero-order valence-electron chi connectivity index (χ0n) is 45.8. The highest BCUT2D eigenvalue weighted by molar-refractivity contribution is 5.77. The van der Waals surface area contributed by atoms with Crippen molar-refractivity contribution in [2.75, 3.05) is 6.61 Å². The van der Waals surface area contributed by atoms with Crippen molar-refractivity contribution < 1.29 is 24.5 Å². The van der Waals surface area contributed by atoms with E-state index in [1.165, 1.54) is 205 Å². The summed E-state index contributed by atoms with van der Waals surface area (Å²) in [7, 11) is 0. The first-order valence-electron chi connectivity index (χ1n) is 30.2. The fourth-order valence-electron chi connectivity index (χ4n) is 9.36. The molecule has 0 radical (unpaired) electrons. The number of carbonyl (C=O) groups is 2. The molecule has 0 aromatic rings. The Balaban J connectivity index is 4.55. The summed E-state index contributed by atoms with van der Waals surface area (Å²) in [4.78, 5) is 26.3. The van der Waals surface area contributed by atoms with Crippen LogP contribution in [0, 0.1) is 0 Å². The highest BCUT2D eigenvalue weighted by atomic mass is 16.5. The van der Waals surface area contributed by atoms with Crippen LogP contribution in [0.4, 0.5) is 0 Å². The van der Waals surface area contributed by atoms with Gasteiger partial charge in [0.1, 0.15) is 6.10 Å². The van der Waals surface area contributed by atoms with Gasteiger partial charge in [0.2, 0.25) is 5.91 Å². The molecule has 3 N–H and O–H groups in total. The SMILES string of the molecule is CCCCCCCC/C=C/CCCCCCCC(CC(=O)NC(CO)C(O)CCCCCCCCCCCCCCCCCC)OC(=O)CCCCCCC/C=C/C=C/CCCCCCCCC. The number of esters is 1. The van der Waals surface area contributed by atoms with E-state index in [2.05, 4.69) is 62.5 Å². The van der Waals surface area contributed by atoms with E-state index >= 15 is 0 Å². The van der Waals surface area contributed by atoms with Crippen molar-refractivity contribution in [1.29, 1.82) is 0 Å². The first kappa shape index (κ1) is 66.1. The Hall–Kier alpha value is -1.92. The molecule has 0 aliphatic rings. The van der Waals surface area contributed by atoms with Crippen LogP contribution in [-0.4, -0.2) is 46.9 Å². The summed E-state index contributed by atoms with van der Waals surface area (Å²) in [5.41, 5.74) is 0. The van der Waals surface area contributed by atoms with Crippen molar-refractivity contribution in [2.45, 2.75) is 341 Å². The molecule has 0 heterocycles. The van der Waals surface area contributed by atoms with E-state index in [4.69, 9.17) is 4.74 Å². The van der Waals surface area contributed by atoms with Gasteiger partial charge in [-0.2, -0.15) is 0 Å². The van der Waals surface area contributed by atoms with E-state index in [1.807, 2.05) is 0 Å². The third-order valence-corrected chi connectivity index (χ3v) is 14.0. The lowest BCUT2D eigenvalue weighted by molar-refractivity contribution is -0.151. The number of hydrogen-bond acceptors (Lipinski definition) is 5. The minimum absolute atomic E-state index is 0.0687. The Kier molecular flexibility index (Phi) is 54.4. The number of ether oxygens (including phenoxy) is 1. The molecule has 0 aliphatic carbocycles. The normalized spacial score (nSPS) is 13.3. The molecule has 68 heavy (non-hydrogen) atoms. The summed E-state index contributed by atoms with van der Waals surface area (Å²) in [5, 5.41) is 23.9. The monoisotopic (exact) mass is 956 g/mol. The molecule has 0 aliphatic heterocycles. The van der Waals surface area contributed by atoms with Gasteiger partial charge in [-0.25, -0.2) is 0 Å². The lowest BCUT2D eigenvalue weighted by Gasteiger charge is -2.24. The molecule has 0 saturated heterocycles. The summed E-state index contributed by atoms with van der Waals surface area (Å²) in [6.45, 7) is 6.51. The quantitative estimate of drug-likeness (QED) is 0.0244. The Morgan fingerprint density at radius 1 is 0.426 bits per heavy atom. The maximum absolute atomic E-state index is 13.3. The number of hydrogen-bond donors (Lipinski definition) is 3. The van der Waals surface area contributed by atoms with Crippen molar-refractivity contribution >= 4 is 11.9 Å². The van der Waals surface area contributed by atoms with Crippen LogP contribution in [0.25, 0.3) is 0 Å². The molecule has 1 amide bonds. The number of allylic oxidation sites excluding steroid dienone is 6. The van der Waals surface area contributed by atoms with Crippen molar-refractivity contribution in [1.82, 2.24) is 5.32 Å². The molecular weight excluding hydrogens is 839 g/mol. The smallest absolute Gasteiger partial charge is 0.306 e. The summed E-state index contributed by atoms with van der Waals surface area (Å²) >= 11 is 0. The van der Waals surface area contributed by atoms with Gasteiger partial charge in [0, 0.05) is 6.42 Å². The second-order valence-corrected chi connectivity index (χ2v) is 20.8. The molecule has 0 saturated carbocycles. The van der Waals surface area contributed by atoms with Crippen molar-refractivity contribution in [3.63, 3.8) is 0 Å². The first-order valence-corrected chi connectivity index (χ1v) is 30.2. The van der Waals surface area contributed by atoms with Crippen molar-refractivity contribution in [2.24, 2.45) is 0 Å². The van der Waals surface area contributed by atoms with E-state index in [-0.39, 0.29) is 24.9 Å². The predicted molar refractivity (Wildman–Crippen MR) is 296 cm³/mol. The van der Waals surface area contributed by atoms with Crippen LogP contribution in [0.1, 0.15) is 323 Å². The zero-order valence-corrected chi connectivity index (χ0v) is 45.8. The number of nitrogens with one attached hydrogen (secondary N) is 1. The largest absolute Gasteiger partial charge is 0.462 e. The van der Waals surface area contributed by atoms with Crippen LogP contribution in [0.15, 0.2) is 36.5 Å². The maximum Gasteiger partial charge on any atom is 0.306 e. The second-order valence-electron chi connectivity index (χ2n) is 20.8. The van der Waals surface area contributed by atoms with Gasteiger partial charge in [0.15, 0.2) is 0 Å². The van der Waals surface area contributed by atoms with Crippen molar-refractivity contribution in [3.8, 4) is 0 Å². The Morgan fingerprint density at radius 3 is 1.13 bits per heavy atom. The Bertz CT molecular complexity index is 1120. The molecule has 3 unspecified atom stereocenters. The van der Waals surface area contributed by atoms with Gasteiger partial charge in [-0.05, 0) is 77.0 Å². The fourth-order valence-corrected chi connectivity index (χ4v) is 9.36. The van der Waals surface area contributed by atoms with Gasteiger partial charge >= 0.3 is 5.97 Å². The molecule has 0 aromatic carbocycles. The van der Waals surface area contributed by atoms with Crippen LogP contribution in [0.3, 0.4) is 0 Å². The van der Waals surface area contributed by atoms with Gasteiger partial charge < -0.3 is 20.3 Å². The van der Waals surface area contributed by atoms with E-state index in [1.54, 1.807) is 0 Å². The lowest BCUT2D eigenvalue weighted by Crippen LogP contribution is -2.46. The average molecular weight is 957 g/mol. The Labute approximate surface area is 424 Å². The van der Waals surface area contributed by atoms with E-state index in [0.29, 0.717) is 19.3 Å². The van der Waals surface area contributed by atoms with E-state index in [9.17, 15) is 19.8 Å². The molecule has 0 fully saturated rings. The van der Waals surface area contributed by atoms with Crippen LogP contribution in [0.2, 0.25) is 0 Å². The van der Waals surface area contributed by atoms with Gasteiger partial charge in [0.05, 0.1) is 25.2 Å². The molecule has 400 valence electrons. The molecule has 6 heteroatoms. The van der Waals surface area contributed by atoms with Crippen LogP contribution in [0.5, 0.6) is 0 Å². The van der Waals surface area contributed by atoms with Crippen molar-refractivity contribution in [3.05, 3.63) is 36.5 Å². The number of unbranched alkanes of at least 4 members (excludes halogenated alkanes) is 38. The fraction of sp³-hybridized carbons (Fsp3) is 0.871. The number of amides is 1. The minimum Gasteiger partial charge on any atom is -0.462 e. The zero-order chi connectivity index (χ0) is 49.5. The highest BCUT2D eigenvalue weighted by Gasteiger charge is 2.24. The molecule has 6 nitrogen and oxygen atoms in total. The molecule has 0 spiro atoms. The third-order valence-electron chi connectivity index (χ3n) is 14.0. The van der Waals surface area contributed by atoms with Crippen LogP contribution >= 0.6 is 0 Å². The highest BCUT2D eigenvalue weighted by Crippen LogP contribution is 2.18. The number of carbonyl (C=O) groups excluding carboxylic acids is 2. The first-order chi connectivity index (χ1) is 33.5. The minimum atomic E-state index is -0.792. The Morgan fingerprint density at radius 2 is 0.750 bits per heavy atom. The standard InChI is InChI=1S/C62H117NO5/c1-4-7-10-13-16-19-22-25-28-30-31-34-37-40-43-46-49-52-55-62(67)68-58(53-50-47-44-41-38-35-32-27-24-21-18-15-12-9-6-3)56-61(66)63-59(57-64)60(65)54-51-48-45-42-39-36-33-29-26-23-20-17-14-11-8-5-2/h27-28,30-32,34,58-60,64-65H,4-26,29,33,35-57H2,1-3H3,(H,63,66)/b30-28+,32-27+,34-31+. The number of aliphatic hydroxyl groups excluding tert-OH is 2. The number of aliphatic hydroxyl groups is 2. The summed E-state index contributed by atoms with van der Waals surface area (Å²) in [6.07, 6.45) is 67.8. The maximum atomic E-state index is 13.3. The van der Waals surface area contributed by atoms with Gasteiger partial charge in [-0.15, -0.1) is 0 Å². The van der Waals surface area contributed by atoms with Crippen LogP contribution < -0.4 is 5.32 Å². The molecule has 0 aromatic heterocycles. The topological polar surface area (TPSA) is 95.9 Å². The summed E-state index contributed by atoms with van der Waals surface area (Å²) < 4.78 is 5.96. The number of rotatable bonds is 55. The second kappa shape index (κ2) is 56.0. The van der Waals surface area contributed by atoms with Gasteiger partial charge in [0.25, 0.3) is 0 Å². The van der Waals surface area contributed by atoms with E-state index < -0.39 is 18.2 Å². The third kappa shape index (κ3) is 50.5. The molecule has 0 bridgehead atoms.